The molecule has 1 radical (unpaired) electrons. The molecule has 0 aliphatic carbocycles. The lowest BCUT2D eigenvalue weighted by atomic mass is 10.3. The van der Waals surface area contributed by atoms with Crippen molar-refractivity contribution in [3.63, 3.8) is 0 Å². The van der Waals surface area contributed by atoms with Crippen molar-refractivity contribution in [1.82, 2.24) is 4.98 Å². The number of aromatic nitrogens is 1. The second kappa shape index (κ2) is 4.09. The Bertz CT molecular complexity index is 336. The number of carbonyl (C=O) groups is 1. The van der Waals surface area contributed by atoms with Gasteiger partial charge in [-0.1, -0.05) is 0 Å². The fraction of sp³-hybridized carbons (Fsp3) is 0.400. The van der Waals surface area contributed by atoms with E-state index in [2.05, 4.69) is 11.1 Å². The van der Waals surface area contributed by atoms with Crippen LogP contribution < -0.4 is 10.6 Å². The van der Waals surface area contributed by atoms with Gasteiger partial charge in [-0.25, -0.2) is 4.98 Å². The minimum atomic E-state index is -0.552. The number of hydrogen-bond acceptors (Lipinski definition) is 3. The molecule has 0 bridgehead atoms. The van der Waals surface area contributed by atoms with Crippen molar-refractivity contribution in [1.29, 1.82) is 0 Å². The Balaban J connectivity index is 2.99. The Labute approximate surface area is 83.7 Å². The van der Waals surface area contributed by atoms with Crippen LogP contribution in [0.2, 0.25) is 0 Å². The van der Waals surface area contributed by atoms with E-state index < -0.39 is 5.91 Å². The molecule has 1 rings (SSSR count). The molecule has 4 heteroatoms. The van der Waals surface area contributed by atoms with E-state index in [1.54, 1.807) is 12.1 Å². The molecule has 0 atom stereocenters. The van der Waals surface area contributed by atoms with Crippen molar-refractivity contribution in [2.45, 2.75) is 19.9 Å². The summed E-state index contributed by atoms with van der Waals surface area (Å²) in [7, 11) is 1.91. The fourth-order valence-electron chi connectivity index (χ4n) is 0.966. The molecule has 0 spiro atoms. The molecule has 0 aliphatic rings. The molecule has 0 aromatic carbocycles. The number of hydrogen-bond donors (Lipinski definition) is 1. The van der Waals surface area contributed by atoms with Gasteiger partial charge in [-0.15, -0.1) is 0 Å². The Morgan fingerprint density at radius 2 is 2.29 bits per heavy atom. The van der Waals surface area contributed by atoms with Crippen molar-refractivity contribution in [2.24, 2.45) is 5.73 Å². The summed E-state index contributed by atoms with van der Waals surface area (Å²) in [5.41, 5.74) is 5.28. The second-order valence-corrected chi connectivity index (χ2v) is 3.37. The van der Waals surface area contributed by atoms with Crippen molar-refractivity contribution in [3.8, 4) is 0 Å². The number of carbonyl (C=O) groups excluding carboxylic acids is 1. The maximum absolute atomic E-state index is 10.9. The van der Waals surface area contributed by atoms with Gasteiger partial charge in [0, 0.05) is 19.2 Å². The summed E-state index contributed by atoms with van der Waals surface area (Å²) in [5, 5.41) is 0. The van der Waals surface area contributed by atoms with Crippen LogP contribution >= 0.6 is 0 Å². The van der Waals surface area contributed by atoms with E-state index in [-0.39, 0.29) is 5.69 Å². The van der Waals surface area contributed by atoms with Gasteiger partial charge in [0.25, 0.3) is 5.91 Å². The average molecular weight is 192 g/mol. The molecule has 1 aromatic heterocycles. The molecule has 1 heterocycles. The van der Waals surface area contributed by atoms with Crippen molar-refractivity contribution >= 4 is 11.7 Å². The normalized spacial score (nSPS) is 10.3. The maximum atomic E-state index is 10.9. The van der Waals surface area contributed by atoms with Crippen LogP contribution in [0.4, 0.5) is 5.82 Å². The summed E-state index contributed by atoms with van der Waals surface area (Å²) in [6, 6.07) is 6.47. The third-order valence-corrected chi connectivity index (χ3v) is 2.05. The highest BCUT2D eigenvalue weighted by Gasteiger charge is 2.08. The van der Waals surface area contributed by atoms with E-state index in [0.29, 0.717) is 6.04 Å². The SMILES string of the molecule is CC(C)N(C)c1cc[c]c(C(N)=O)n1. The first-order valence-electron chi connectivity index (χ1n) is 4.43. The van der Waals surface area contributed by atoms with Crippen molar-refractivity contribution in [2.75, 3.05) is 11.9 Å². The molecule has 75 valence electrons. The second-order valence-electron chi connectivity index (χ2n) is 3.37. The third kappa shape index (κ3) is 2.22. The standard InChI is InChI=1S/C10H14N3O/c1-7(2)13(3)9-6-4-5-8(12-9)10(11)14/h4,6-7H,1-3H3,(H2,11,14). The number of primary amides is 1. The maximum Gasteiger partial charge on any atom is 0.268 e. The highest BCUT2D eigenvalue weighted by Crippen LogP contribution is 2.11. The number of nitrogens with two attached hydrogens (primary N) is 1. The molecular weight excluding hydrogens is 178 g/mol. The first-order valence-corrected chi connectivity index (χ1v) is 4.43. The van der Waals surface area contributed by atoms with Gasteiger partial charge >= 0.3 is 0 Å². The number of anilines is 1. The van der Waals surface area contributed by atoms with Crippen LogP contribution in [0.3, 0.4) is 0 Å². The monoisotopic (exact) mass is 192 g/mol. The number of nitrogens with zero attached hydrogens (tertiary/aromatic N) is 2. The smallest absolute Gasteiger partial charge is 0.268 e. The van der Waals surface area contributed by atoms with Crippen LogP contribution in [-0.4, -0.2) is 24.0 Å². The van der Waals surface area contributed by atoms with Crippen molar-refractivity contribution in [3.05, 3.63) is 23.9 Å². The van der Waals surface area contributed by atoms with Crippen LogP contribution in [0.5, 0.6) is 0 Å². The third-order valence-electron chi connectivity index (χ3n) is 2.05. The van der Waals surface area contributed by atoms with E-state index in [0.717, 1.165) is 5.82 Å². The molecule has 0 saturated heterocycles. The molecule has 2 N–H and O–H groups in total. The van der Waals surface area contributed by atoms with E-state index in [4.69, 9.17) is 5.73 Å². The van der Waals surface area contributed by atoms with Crippen LogP contribution in [0.1, 0.15) is 24.3 Å². The largest absolute Gasteiger partial charge is 0.364 e. The van der Waals surface area contributed by atoms with E-state index in [1.807, 2.05) is 25.8 Å². The van der Waals surface area contributed by atoms with Crippen LogP contribution in [0.15, 0.2) is 12.1 Å². The molecule has 1 amide bonds. The van der Waals surface area contributed by atoms with Gasteiger partial charge in [0.1, 0.15) is 11.5 Å². The van der Waals surface area contributed by atoms with Gasteiger partial charge in [-0.3, -0.25) is 4.79 Å². The number of amides is 1. The number of pyridine rings is 1. The van der Waals surface area contributed by atoms with Gasteiger partial charge in [-0.2, -0.15) is 0 Å². The highest BCUT2D eigenvalue weighted by atomic mass is 16.1. The lowest BCUT2D eigenvalue weighted by Crippen LogP contribution is -2.27. The Hall–Kier alpha value is -1.58. The first kappa shape index (κ1) is 10.5. The van der Waals surface area contributed by atoms with Gasteiger partial charge in [0.15, 0.2) is 0 Å². The van der Waals surface area contributed by atoms with Crippen LogP contribution in [-0.2, 0) is 0 Å². The van der Waals surface area contributed by atoms with E-state index in [9.17, 15) is 4.79 Å². The molecule has 1 aromatic rings. The first-order chi connectivity index (χ1) is 6.52. The quantitative estimate of drug-likeness (QED) is 0.771. The van der Waals surface area contributed by atoms with Gasteiger partial charge in [0.2, 0.25) is 0 Å². The molecule has 4 nitrogen and oxygen atoms in total. The zero-order chi connectivity index (χ0) is 10.7. The Kier molecular flexibility index (Phi) is 3.06. The van der Waals surface area contributed by atoms with Crippen LogP contribution in [0, 0.1) is 6.07 Å². The predicted molar refractivity (Wildman–Crippen MR) is 55.1 cm³/mol. The number of rotatable bonds is 3. The molecular formula is C10H14N3O. The van der Waals surface area contributed by atoms with Gasteiger partial charge in [-0.05, 0) is 26.0 Å². The summed E-state index contributed by atoms with van der Waals surface area (Å²) in [6.07, 6.45) is 0. The minimum Gasteiger partial charge on any atom is -0.364 e. The van der Waals surface area contributed by atoms with Crippen molar-refractivity contribution < 1.29 is 4.79 Å². The summed E-state index contributed by atoms with van der Waals surface area (Å²) in [5.74, 6) is 0.177. The Morgan fingerprint density at radius 1 is 1.64 bits per heavy atom. The highest BCUT2D eigenvalue weighted by molar-refractivity contribution is 5.90. The average Bonchev–Trinajstić information content (AvgIpc) is 2.16. The minimum absolute atomic E-state index is 0.176. The lowest BCUT2D eigenvalue weighted by Gasteiger charge is -2.22. The van der Waals surface area contributed by atoms with E-state index in [1.165, 1.54) is 0 Å². The summed E-state index contributed by atoms with van der Waals surface area (Å²) in [6.45, 7) is 4.09. The summed E-state index contributed by atoms with van der Waals surface area (Å²) < 4.78 is 0. The molecule has 14 heavy (non-hydrogen) atoms. The summed E-state index contributed by atoms with van der Waals surface area (Å²) >= 11 is 0. The lowest BCUT2D eigenvalue weighted by molar-refractivity contribution is 0.0995. The van der Waals surface area contributed by atoms with Gasteiger partial charge < -0.3 is 10.6 Å². The Morgan fingerprint density at radius 3 is 2.79 bits per heavy atom. The zero-order valence-electron chi connectivity index (χ0n) is 8.61. The van der Waals surface area contributed by atoms with E-state index >= 15 is 0 Å². The topological polar surface area (TPSA) is 59.2 Å². The van der Waals surface area contributed by atoms with Gasteiger partial charge in [0.05, 0.1) is 0 Å². The molecule has 0 saturated carbocycles. The zero-order valence-corrected chi connectivity index (χ0v) is 8.61. The molecule has 0 aliphatic heterocycles. The predicted octanol–water partition coefficient (Wildman–Crippen LogP) is 0.825. The molecule has 0 fully saturated rings. The fourth-order valence-corrected chi connectivity index (χ4v) is 0.966. The van der Waals surface area contributed by atoms with Crippen LogP contribution in [0.25, 0.3) is 0 Å². The molecule has 0 unspecified atom stereocenters. The summed E-state index contributed by atoms with van der Waals surface area (Å²) in [4.78, 5) is 16.9.